The molecule has 3 aromatic rings. The molecule has 32 heavy (non-hydrogen) atoms. The Morgan fingerprint density at radius 1 is 0.812 bits per heavy atom. The molecule has 1 aliphatic rings. The van der Waals surface area contributed by atoms with Gasteiger partial charge in [-0.05, 0) is 48.5 Å². The summed E-state index contributed by atoms with van der Waals surface area (Å²) in [7, 11) is 0. The van der Waals surface area contributed by atoms with Crippen LogP contribution in [0.2, 0.25) is 0 Å². The standard InChI is InChI=1S/C28H31NO2.ClH/c30-27(22-23-10-4-1-5-11-23)18-21-29-19-16-26(17-20-29)28(31,24-12-6-2-7-13-24)25-14-8-3-9-15-25;/h1-15,26,31H,16-22H2;1H. The van der Waals surface area contributed by atoms with E-state index in [0.717, 1.165) is 49.2 Å². The van der Waals surface area contributed by atoms with Gasteiger partial charge in [-0.2, -0.15) is 0 Å². The molecule has 0 amide bonds. The van der Waals surface area contributed by atoms with Crippen LogP contribution in [0.4, 0.5) is 0 Å². The highest BCUT2D eigenvalue weighted by atomic mass is 35.5. The first-order chi connectivity index (χ1) is 15.2. The normalized spacial score (nSPS) is 15.2. The van der Waals surface area contributed by atoms with E-state index in [-0.39, 0.29) is 18.3 Å². The summed E-state index contributed by atoms with van der Waals surface area (Å²) in [6.45, 7) is 2.62. The Kier molecular flexibility index (Phi) is 8.63. The van der Waals surface area contributed by atoms with Gasteiger partial charge >= 0.3 is 0 Å². The Hall–Kier alpha value is -2.46. The van der Waals surface area contributed by atoms with Crippen molar-refractivity contribution in [3.8, 4) is 0 Å². The Labute approximate surface area is 197 Å². The molecular formula is C28H32ClNO2. The predicted octanol–water partition coefficient (Wildman–Crippen LogP) is 5.26. The van der Waals surface area contributed by atoms with E-state index in [4.69, 9.17) is 0 Å². The van der Waals surface area contributed by atoms with Crippen molar-refractivity contribution in [3.05, 3.63) is 108 Å². The van der Waals surface area contributed by atoms with Crippen LogP contribution < -0.4 is 0 Å². The first-order valence-electron chi connectivity index (χ1n) is 11.3. The number of carbonyl (C=O) groups is 1. The minimum absolute atomic E-state index is 0. The zero-order valence-corrected chi connectivity index (χ0v) is 19.2. The molecule has 1 fully saturated rings. The topological polar surface area (TPSA) is 40.5 Å². The second-order valence-corrected chi connectivity index (χ2v) is 8.57. The number of benzene rings is 3. The molecule has 0 bridgehead atoms. The zero-order chi connectivity index (χ0) is 21.5. The molecule has 1 N–H and O–H groups in total. The summed E-state index contributed by atoms with van der Waals surface area (Å²) in [5.41, 5.74) is 2.01. The number of Topliss-reactive ketones (excluding diaryl/α,β-unsaturated/α-hetero) is 1. The van der Waals surface area contributed by atoms with Crippen molar-refractivity contribution < 1.29 is 9.90 Å². The molecule has 3 aromatic carbocycles. The van der Waals surface area contributed by atoms with E-state index in [0.29, 0.717) is 18.6 Å². The fourth-order valence-corrected chi connectivity index (χ4v) is 4.79. The number of hydrogen-bond acceptors (Lipinski definition) is 3. The quantitative estimate of drug-likeness (QED) is 0.510. The summed E-state index contributed by atoms with van der Waals surface area (Å²) < 4.78 is 0. The summed E-state index contributed by atoms with van der Waals surface area (Å²) >= 11 is 0. The van der Waals surface area contributed by atoms with Crippen LogP contribution in [-0.4, -0.2) is 35.4 Å². The minimum Gasteiger partial charge on any atom is -0.380 e. The average molecular weight is 450 g/mol. The average Bonchev–Trinajstić information content (AvgIpc) is 2.84. The number of halogens is 1. The first kappa shape index (κ1) is 24.2. The van der Waals surface area contributed by atoms with Gasteiger partial charge in [0.25, 0.3) is 0 Å². The minimum atomic E-state index is -0.988. The van der Waals surface area contributed by atoms with Crippen LogP contribution in [0.5, 0.6) is 0 Å². The van der Waals surface area contributed by atoms with Crippen LogP contribution >= 0.6 is 12.4 Å². The van der Waals surface area contributed by atoms with E-state index in [1.807, 2.05) is 91.0 Å². The summed E-state index contributed by atoms with van der Waals surface area (Å²) in [4.78, 5) is 14.8. The maximum absolute atomic E-state index is 12.4. The molecule has 0 saturated carbocycles. The lowest BCUT2D eigenvalue weighted by molar-refractivity contribution is -0.118. The summed E-state index contributed by atoms with van der Waals surface area (Å²) in [6, 6.07) is 30.0. The lowest BCUT2D eigenvalue weighted by Crippen LogP contribution is -2.44. The number of likely N-dealkylation sites (tertiary alicyclic amines) is 1. The molecule has 1 heterocycles. The largest absolute Gasteiger partial charge is 0.380 e. The lowest BCUT2D eigenvalue weighted by Gasteiger charge is -2.42. The Morgan fingerprint density at radius 3 is 1.78 bits per heavy atom. The molecule has 0 aliphatic carbocycles. The van der Waals surface area contributed by atoms with Crippen LogP contribution in [0.3, 0.4) is 0 Å². The molecule has 0 radical (unpaired) electrons. The SMILES string of the molecule is Cl.O=C(CCN1CCC(C(O)(c2ccccc2)c2ccccc2)CC1)Cc1ccccc1. The fraction of sp³-hybridized carbons (Fsp3) is 0.321. The maximum Gasteiger partial charge on any atom is 0.138 e. The van der Waals surface area contributed by atoms with Crippen molar-refractivity contribution in [1.29, 1.82) is 0 Å². The molecular weight excluding hydrogens is 418 g/mol. The van der Waals surface area contributed by atoms with Crippen molar-refractivity contribution in [2.24, 2.45) is 5.92 Å². The molecule has 1 saturated heterocycles. The highest BCUT2D eigenvalue weighted by Gasteiger charge is 2.41. The molecule has 168 valence electrons. The number of rotatable bonds is 8. The molecule has 0 aromatic heterocycles. The fourth-order valence-electron chi connectivity index (χ4n) is 4.79. The summed E-state index contributed by atoms with van der Waals surface area (Å²) in [6.07, 6.45) is 2.92. The van der Waals surface area contributed by atoms with Gasteiger partial charge in [-0.15, -0.1) is 12.4 Å². The molecule has 0 atom stereocenters. The van der Waals surface area contributed by atoms with Gasteiger partial charge in [0.1, 0.15) is 11.4 Å². The van der Waals surface area contributed by atoms with Gasteiger partial charge in [0.2, 0.25) is 0 Å². The molecule has 4 heteroatoms. The van der Waals surface area contributed by atoms with Crippen molar-refractivity contribution >= 4 is 18.2 Å². The maximum atomic E-state index is 12.4. The monoisotopic (exact) mass is 449 g/mol. The number of ketones is 1. The van der Waals surface area contributed by atoms with E-state index in [1.165, 1.54) is 0 Å². The second-order valence-electron chi connectivity index (χ2n) is 8.57. The third kappa shape index (κ3) is 5.66. The van der Waals surface area contributed by atoms with Crippen molar-refractivity contribution in [2.75, 3.05) is 19.6 Å². The van der Waals surface area contributed by atoms with Gasteiger partial charge in [-0.1, -0.05) is 91.0 Å². The van der Waals surface area contributed by atoms with Gasteiger partial charge in [-0.3, -0.25) is 4.79 Å². The van der Waals surface area contributed by atoms with E-state index in [2.05, 4.69) is 4.90 Å². The highest BCUT2D eigenvalue weighted by Crippen LogP contribution is 2.41. The summed E-state index contributed by atoms with van der Waals surface area (Å²) in [5, 5.41) is 12.0. The smallest absolute Gasteiger partial charge is 0.138 e. The van der Waals surface area contributed by atoms with Crippen molar-refractivity contribution in [2.45, 2.75) is 31.3 Å². The molecule has 3 nitrogen and oxygen atoms in total. The number of aliphatic hydroxyl groups is 1. The van der Waals surface area contributed by atoms with E-state index in [9.17, 15) is 9.90 Å². The number of carbonyl (C=O) groups excluding carboxylic acids is 1. The molecule has 0 spiro atoms. The lowest BCUT2D eigenvalue weighted by atomic mass is 9.72. The predicted molar refractivity (Wildman–Crippen MR) is 132 cm³/mol. The molecule has 0 unspecified atom stereocenters. The van der Waals surface area contributed by atoms with Gasteiger partial charge in [0.05, 0.1) is 0 Å². The third-order valence-corrected chi connectivity index (χ3v) is 6.56. The van der Waals surface area contributed by atoms with Gasteiger partial charge in [0, 0.05) is 19.4 Å². The highest BCUT2D eigenvalue weighted by molar-refractivity contribution is 5.85. The van der Waals surface area contributed by atoms with Crippen LogP contribution in [0, 0.1) is 5.92 Å². The molecule has 1 aliphatic heterocycles. The van der Waals surface area contributed by atoms with Crippen LogP contribution in [0.25, 0.3) is 0 Å². The van der Waals surface area contributed by atoms with Gasteiger partial charge < -0.3 is 10.0 Å². The van der Waals surface area contributed by atoms with E-state index < -0.39 is 5.60 Å². The van der Waals surface area contributed by atoms with Crippen molar-refractivity contribution in [3.63, 3.8) is 0 Å². The van der Waals surface area contributed by atoms with Crippen LogP contribution in [0.1, 0.15) is 36.0 Å². The van der Waals surface area contributed by atoms with E-state index >= 15 is 0 Å². The number of piperidine rings is 1. The Morgan fingerprint density at radius 2 is 1.28 bits per heavy atom. The summed E-state index contributed by atoms with van der Waals surface area (Å²) in [5.74, 6) is 0.437. The van der Waals surface area contributed by atoms with E-state index in [1.54, 1.807) is 0 Å². The second kappa shape index (κ2) is 11.4. The van der Waals surface area contributed by atoms with Gasteiger partial charge in [-0.25, -0.2) is 0 Å². The Bertz CT molecular complexity index is 915. The number of hydrogen-bond donors (Lipinski definition) is 1. The first-order valence-corrected chi connectivity index (χ1v) is 11.3. The van der Waals surface area contributed by atoms with Crippen LogP contribution in [0.15, 0.2) is 91.0 Å². The third-order valence-electron chi connectivity index (χ3n) is 6.56. The van der Waals surface area contributed by atoms with Crippen molar-refractivity contribution in [1.82, 2.24) is 4.90 Å². The van der Waals surface area contributed by atoms with Gasteiger partial charge in [0.15, 0.2) is 0 Å². The number of nitrogens with zero attached hydrogens (tertiary/aromatic N) is 1. The molecule has 4 rings (SSSR count). The Balaban J connectivity index is 0.00000289. The van der Waals surface area contributed by atoms with Crippen LogP contribution in [-0.2, 0) is 16.8 Å². The zero-order valence-electron chi connectivity index (χ0n) is 18.4.